The molecule has 0 saturated heterocycles. The Morgan fingerprint density at radius 2 is 1.36 bits per heavy atom. The Kier molecular flexibility index (Phi) is 13.1. The maximum atomic E-state index is 12.2. The molecule has 0 radical (unpaired) electrons. The van der Waals surface area contributed by atoms with Crippen molar-refractivity contribution in [2.24, 2.45) is 0 Å². The number of hydrogen-bond donors (Lipinski definition) is 0. The van der Waals surface area contributed by atoms with Crippen LogP contribution in [0.1, 0.15) is 108 Å². The van der Waals surface area contributed by atoms with Crippen molar-refractivity contribution < 1.29 is 19.4 Å². The molecule has 0 aliphatic carbocycles. The zero-order valence-corrected chi connectivity index (χ0v) is 17.7. The second-order valence-electron chi connectivity index (χ2n) is 7.59. The first kappa shape index (κ1) is 24.2. The normalized spacial score (nSPS) is 11.9. The van der Waals surface area contributed by atoms with Crippen molar-refractivity contribution in [3.05, 3.63) is 29.8 Å². The van der Waals surface area contributed by atoms with Gasteiger partial charge in [0.25, 0.3) is 0 Å². The van der Waals surface area contributed by atoms with E-state index in [1.807, 2.05) is 0 Å². The number of Topliss-reactive ketones (excluding diaryl/α,β-unsaturated/α-hetero) is 1. The number of carbonyl (C=O) groups excluding carboxylic acids is 2. The van der Waals surface area contributed by atoms with Gasteiger partial charge in [-0.05, 0) is 43.5 Å². The highest BCUT2D eigenvalue weighted by molar-refractivity contribution is 5.96. The molecule has 1 aromatic rings. The number of carboxylic acids is 1. The molecule has 0 saturated carbocycles. The maximum absolute atomic E-state index is 12.2. The van der Waals surface area contributed by atoms with Gasteiger partial charge in [0, 0.05) is 12.0 Å². The van der Waals surface area contributed by atoms with Crippen LogP contribution in [-0.4, -0.2) is 17.9 Å². The number of rotatable bonds is 17. The number of benzene rings is 1. The van der Waals surface area contributed by atoms with Gasteiger partial charge in [0.2, 0.25) is 0 Å². The van der Waals surface area contributed by atoms with E-state index >= 15 is 0 Å². The van der Waals surface area contributed by atoms with Crippen LogP contribution in [0.2, 0.25) is 0 Å². The molecule has 0 fully saturated rings. The van der Waals surface area contributed by atoms with Gasteiger partial charge in [0.15, 0.2) is 5.78 Å². The van der Waals surface area contributed by atoms with Gasteiger partial charge in [-0.15, -0.1) is 0 Å². The molecule has 0 aromatic heterocycles. The van der Waals surface area contributed by atoms with E-state index in [-0.39, 0.29) is 5.78 Å². The van der Waals surface area contributed by atoms with E-state index in [1.54, 1.807) is 24.3 Å². The molecule has 1 rings (SSSR count). The van der Waals surface area contributed by atoms with Gasteiger partial charge >= 0.3 is 0 Å². The van der Waals surface area contributed by atoms with Crippen molar-refractivity contribution in [1.82, 2.24) is 0 Å². The Morgan fingerprint density at radius 1 is 0.821 bits per heavy atom. The van der Waals surface area contributed by atoms with E-state index in [2.05, 4.69) is 13.8 Å². The average Bonchev–Trinajstić information content (AvgIpc) is 2.69. The molecule has 28 heavy (non-hydrogen) atoms. The number of aliphatic carboxylic acids is 1. The van der Waals surface area contributed by atoms with Crippen molar-refractivity contribution in [3.8, 4) is 5.75 Å². The summed E-state index contributed by atoms with van der Waals surface area (Å²) in [4.78, 5) is 23.6. The van der Waals surface area contributed by atoms with Gasteiger partial charge in [0.1, 0.15) is 11.9 Å². The molecule has 4 nitrogen and oxygen atoms in total. The maximum Gasteiger partial charge on any atom is 0.162 e. The molecule has 0 spiro atoms. The van der Waals surface area contributed by atoms with Crippen LogP contribution >= 0.6 is 0 Å². The highest BCUT2D eigenvalue weighted by Gasteiger charge is 2.12. The van der Waals surface area contributed by atoms with Crippen LogP contribution in [0, 0.1) is 0 Å². The fourth-order valence-corrected chi connectivity index (χ4v) is 3.25. The van der Waals surface area contributed by atoms with Gasteiger partial charge in [-0.1, -0.05) is 71.6 Å². The smallest absolute Gasteiger partial charge is 0.162 e. The summed E-state index contributed by atoms with van der Waals surface area (Å²) in [5, 5.41) is 11.3. The second kappa shape index (κ2) is 15.1. The Balaban J connectivity index is 2.40. The quantitative estimate of drug-likeness (QED) is 0.261. The lowest BCUT2D eigenvalue weighted by atomic mass is 10.0. The molecule has 0 aliphatic rings. The monoisotopic (exact) mass is 389 g/mol. The molecule has 0 amide bonds. The summed E-state index contributed by atoms with van der Waals surface area (Å²) in [5.74, 6) is -0.577. The SMILES string of the molecule is CCCCCCCCC(Oc1ccc(C(=O)CCCCCCC)cc1)C(=O)[O-]. The fourth-order valence-electron chi connectivity index (χ4n) is 3.25. The summed E-state index contributed by atoms with van der Waals surface area (Å²) in [7, 11) is 0. The van der Waals surface area contributed by atoms with E-state index in [0.29, 0.717) is 24.2 Å². The minimum Gasteiger partial charge on any atom is -0.546 e. The molecular weight excluding hydrogens is 352 g/mol. The van der Waals surface area contributed by atoms with E-state index in [9.17, 15) is 14.7 Å². The van der Waals surface area contributed by atoms with Crippen LogP contribution in [0.5, 0.6) is 5.75 Å². The van der Waals surface area contributed by atoms with Gasteiger partial charge in [-0.3, -0.25) is 4.79 Å². The lowest BCUT2D eigenvalue weighted by molar-refractivity contribution is -0.313. The molecule has 158 valence electrons. The fraction of sp³-hybridized carbons (Fsp3) is 0.667. The average molecular weight is 390 g/mol. The highest BCUT2D eigenvalue weighted by Crippen LogP contribution is 2.18. The molecule has 0 N–H and O–H groups in total. The summed E-state index contributed by atoms with van der Waals surface area (Å²) >= 11 is 0. The Hall–Kier alpha value is -1.84. The number of hydrogen-bond acceptors (Lipinski definition) is 4. The van der Waals surface area contributed by atoms with Crippen molar-refractivity contribution >= 4 is 11.8 Å². The summed E-state index contributed by atoms with van der Waals surface area (Å²) in [6.07, 6.45) is 12.3. The van der Waals surface area contributed by atoms with Gasteiger partial charge in [-0.2, -0.15) is 0 Å². The standard InChI is InChI=1S/C24H38O4/c1-3-5-7-9-11-13-15-23(24(26)27)28-21-18-16-20(17-19-21)22(25)14-12-10-8-6-4-2/h16-19,23H,3-15H2,1-2H3,(H,26,27)/p-1. The molecule has 1 aromatic carbocycles. The van der Waals surface area contributed by atoms with Crippen LogP contribution < -0.4 is 9.84 Å². The topological polar surface area (TPSA) is 66.4 Å². The largest absolute Gasteiger partial charge is 0.546 e. The van der Waals surface area contributed by atoms with Gasteiger partial charge in [0.05, 0.1) is 5.97 Å². The Labute approximate surface area is 170 Å². The van der Waals surface area contributed by atoms with Crippen LogP contribution in [0.15, 0.2) is 24.3 Å². The molecule has 1 atom stereocenters. The lowest BCUT2D eigenvalue weighted by Gasteiger charge is -2.20. The molecule has 0 aliphatic heterocycles. The third kappa shape index (κ3) is 10.5. The predicted molar refractivity (Wildman–Crippen MR) is 112 cm³/mol. The zero-order chi connectivity index (χ0) is 20.6. The van der Waals surface area contributed by atoms with Crippen molar-refractivity contribution in [3.63, 3.8) is 0 Å². The second-order valence-corrected chi connectivity index (χ2v) is 7.59. The minimum atomic E-state index is -1.18. The molecule has 4 heteroatoms. The number of ketones is 1. The summed E-state index contributed by atoms with van der Waals surface area (Å²) in [6.45, 7) is 4.35. The van der Waals surface area contributed by atoms with E-state index < -0.39 is 12.1 Å². The summed E-state index contributed by atoms with van der Waals surface area (Å²) < 4.78 is 5.59. The third-order valence-corrected chi connectivity index (χ3v) is 5.04. The molecule has 0 heterocycles. The van der Waals surface area contributed by atoms with Gasteiger partial charge in [-0.25, -0.2) is 0 Å². The number of carbonyl (C=O) groups is 2. The predicted octanol–water partition coefficient (Wildman–Crippen LogP) is 5.48. The zero-order valence-electron chi connectivity index (χ0n) is 17.7. The minimum absolute atomic E-state index is 0.131. The van der Waals surface area contributed by atoms with E-state index in [1.165, 1.54) is 38.5 Å². The number of ether oxygens (including phenoxy) is 1. The Bertz CT molecular complexity index is 550. The van der Waals surface area contributed by atoms with E-state index in [0.717, 1.165) is 32.1 Å². The third-order valence-electron chi connectivity index (χ3n) is 5.04. The lowest BCUT2D eigenvalue weighted by Crippen LogP contribution is -2.39. The molecular formula is C24H37O4-. The van der Waals surface area contributed by atoms with Gasteiger partial charge < -0.3 is 14.6 Å². The van der Waals surface area contributed by atoms with Crippen LogP contribution in [-0.2, 0) is 4.79 Å². The van der Waals surface area contributed by atoms with Crippen LogP contribution in [0.25, 0.3) is 0 Å². The van der Waals surface area contributed by atoms with E-state index in [4.69, 9.17) is 4.74 Å². The number of unbranched alkanes of at least 4 members (excludes halogenated alkanes) is 9. The first-order valence-corrected chi connectivity index (χ1v) is 11.1. The summed E-state index contributed by atoms with van der Waals surface area (Å²) in [5.41, 5.74) is 0.656. The van der Waals surface area contributed by atoms with Crippen molar-refractivity contribution in [2.75, 3.05) is 0 Å². The van der Waals surface area contributed by atoms with Crippen LogP contribution in [0.4, 0.5) is 0 Å². The number of carboxylic acid groups (broad SMARTS) is 1. The van der Waals surface area contributed by atoms with Crippen molar-refractivity contribution in [1.29, 1.82) is 0 Å². The van der Waals surface area contributed by atoms with Crippen molar-refractivity contribution in [2.45, 2.75) is 103 Å². The molecule has 0 bridgehead atoms. The Morgan fingerprint density at radius 3 is 1.93 bits per heavy atom. The highest BCUT2D eigenvalue weighted by atomic mass is 16.5. The molecule has 1 unspecified atom stereocenters. The first-order valence-electron chi connectivity index (χ1n) is 11.1. The summed E-state index contributed by atoms with van der Waals surface area (Å²) in [6, 6.07) is 6.81. The van der Waals surface area contributed by atoms with Crippen LogP contribution in [0.3, 0.4) is 0 Å². The first-order chi connectivity index (χ1) is 13.6.